The first-order valence-electron chi connectivity index (χ1n) is 8.64. The number of ether oxygens (including phenoxy) is 1. The summed E-state index contributed by atoms with van der Waals surface area (Å²) in [6, 6.07) is 5.69. The second-order valence-corrected chi connectivity index (χ2v) is 6.78. The molecule has 2 heterocycles. The molecule has 8 heteroatoms. The van der Waals surface area contributed by atoms with Crippen LogP contribution in [0, 0.1) is 5.92 Å². The summed E-state index contributed by atoms with van der Waals surface area (Å²) in [7, 11) is 0. The summed E-state index contributed by atoms with van der Waals surface area (Å²) in [4.78, 5) is 4.20. The number of fused-ring (bicyclic) bond motifs is 1. The van der Waals surface area contributed by atoms with Crippen molar-refractivity contribution < 1.29 is 17.9 Å². The minimum atomic E-state index is -4.54. The molecule has 0 bridgehead atoms. The highest BCUT2D eigenvalue weighted by atomic mass is 19.4. The molecule has 27 heavy (non-hydrogen) atoms. The molecule has 0 spiro atoms. The van der Waals surface area contributed by atoms with E-state index in [2.05, 4.69) is 10.1 Å². The van der Waals surface area contributed by atoms with Gasteiger partial charge in [-0.25, -0.2) is 9.50 Å². The van der Waals surface area contributed by atoms with Crippen molar-refractivity contribution >= 4 is 5.65 Å². The topological polar surface area (TPSA) is 65.4 Å². The average Bonchev–Trinajstić information content (AvgIpc) is 3.02. The average molecular weight is 378 g/mol. The van der Waals surface area contributed by atoms with Crippen LogP contribution in [-0.4, -0.2) is 27.2 Å². The van der Waals surface area contributed by atoms with Gasteiger partial charge in [0, 0.05) is 24.0 Å². The first-order chi connectivity index (χ1) is 12.8. The molecular formula is C19H21F3N4O. The Kier molecular flexibility index (Phi) is 5.36. The van der Waals surface area contributed by atoms with Gasteiger partial charge in [0.25, 0.3) is 0 Å². The lowest BCUT2D eigenvalue weighted by Crippen LogP contribution is -2.22. The summed E-state index contributed by atoms with van der Waals surface area (Å²) in [5.41, 5.74) is 6.31. The van der Waals surface area contributed by atoms with Crippen molar-refractivity contribution in [1.82, 2.24) is 14.6 Å². The van der Waals surface area contributed by atoms with E-state index < -0.39 is 11.7 Å². The molecule has 2 N–H and O–H groups in total. The van der Waals surface area contributed by atoms with Crippen LogP contribution in [0.15, 0.2) is 42.9 Å². The Balaban J connectivity index is 1.93. The Labute approximate surface area is 155 Å². The van der Waals surface area contributed by atoms with Crippen molar-refractivity contribution in [2.75, 3.05) is 6.61 Å². The maximum Gasteiger partial charge on any atom is 0.419 e. The van der Waals surface area contributed by atoms with Crippen LogP contribution in [0.1, 0.15) is 25.8 Å². The molecule has 0 radical (unpaired) electrons. The van der Waals surface area contributed by atoms with Crippen molar-refractivity contribution in [1.29, 1.82) is 0 Å². The van der Waals surface area contributed by atoms with Crippen LogP contribution in [0.4, 0.5) is 13.2 Å². The van der Waals surface area contributed by atoms with Gasteiger partial charge >= 0.3 is 6.18 Å². The van der Waals surface area contributed by atoms with Gasteiger partial charge in [-0.3, -0.25) is 0 Å². The summed E-state index contributed by atoms with van der Waals surface area (Å²) in [6.45, 7) is 3.93. The predicted molar refractivity (Wildman–Crippen MR) is 96.4 cm³/mol. The molecule has 0 saturated heterocycles. The smallest absolute Gasteiger partial charge is 0.419 e. The van der Waals surface area contributed by atoms with Crippen LogP contribution in [-0.2, 0) is 6.18 Å². The number of nitrogens with two attached hydrogens (primary N) is 1. The Bertz CT molecular complexity index is 921. The molecule has 0 aliphatic rings. The van der Waals surface area contributed by atoms with E-state index in [-0.39, 0.29) is 24.3 Å². The van der Waals surface area contributed by atoms with Crippen LogP contribution in [0.5, 0.6) is 5.75 Å². The number of hydrogen-bond acceptors (Lipinski definition) is 4. The molecule has 3 aromatic rings. The fourth-order valence-electron chi connectivity index (χ4n) is 3.01. The Morgan fingerprint density at radius 3 is 2.74 bits per heavy atom. The molecule has 0 aliphatic heterocycles. The highest BCUT2D eigenvalue weighted by Gasteiger charge is 2.35. The number of nitrogens with zero attached hydrogens (tertiary/aromatic N) is 3. The monoisotopic (exact) mass is 378 g/mol. The highest BCUT2D eigenvalue weighted by molar-refractivity contribution is 5.77. The lowest BCUT2D eigenvalue weighted by molar-refractivity contribution is -0.139. The first kappa shape index (κ1) is 19.2. The normalized spacial score (nSPS) is 14.3. The largest absolute Gasteiger partial charge is 0.493 e. The molecule has 1 aromatic carbocycles. The molecule has 2 atom stereocenters. The van der Waals surface area contributed by atoms with Gasteiger partial charge in [0.05, 0.1) is 18.4 Å². The van der Waals surface area contributed by atoms with E-state index in [4.69, 9.17) is 10.5 Å². The van der Waals surface area contributed by atoms with E-state index in [1.54, 1.807) is 24.5 Å². The molecule has 144 valence electrons. The summed E-state index contributed by atoms with van der Waals surface area (Å²) in [5.74, 6) is -0.137. The van der Waals surface area contributed by atoms with Gasteiger partial charge in [0.2, 0.25) is 0 Å². The van der Waals surface area contributed by atoms with Crippen molar-refractivity contribution in [2.45, 2.75) is 32.5 Å². The summed E-state index contributed by atoms with van der Waals surface area (Å²) in [6.07, 6.45) is 0.902. The quantitative estimate of drug-likeness (QED) is 0.699. The zero-order valence-corrected chi connectivity index (χ0v) is 15.1. The van der Waals surface area contributed by atoms with E-state index in [0.29, 0.717) is 23.2 Å². The number of rotatable bonds is 6. The van der Waals surface area contributed by atoms with Gasteiger partial charge in [-0.15, -0.1) is 0 Å². The maximum atomic E-state index is 13.6. The van der Waals surface area contributed by atoms with Crippen molar-refractivity contribution in [3.05, 3.63) is 48.4 Å². The first-order valence-corrected chi connectivity index (χ1v) is 8.64. The molecule has 0 amide bonds. The van der Waals surface area contributed by atoms with Crippen LogP contribution in [0.3, 0.4) is 0 Å². The third kappa shape index (κ3) is 4.39. The number of hydrogen-bond donors (Lipinski definition) is 1. The zero-order valence-electron chi connectivity index (χ0n) is 15.1. The molecule has 3 rings (SSSR count). The number of alkyl halides is 3. The number of aromatic nitrogens is 3. The van der Waals surface area contributed by atoms with Crippen molar-refractivity contribution in [3.8, 4) is 16.9 Å². The molecule has 2 unspecified atom stereocenters. The van der Waals surface area contributed by atoms with Crippen LogP contribution in [0.2, 0.25) is 0 Å². The minimum Gasteiger partial charge on any atom is -0.493 e. The van der Waals surface area contributed by atoms with Crippen LogP contribution < -0.4 is 10.5 Å². The fourth-order valence-corrected chi connectivity index (χ4v) is 3.01. The Morgan fingerprint density at radius 1 is 1.26 bits per heavy atom. The Hall–Kier alpha value is -2.61. The van der Waals surface area contributed by atoms with Gasteiger partial charge in [-0.05, 0) is 43.0 Å². The molecule has 0 fully saturated rings. The minimum absolute atomic E-state index is 0.0313. The Morgan fingerprint density at radius 2 is 2.04 bits per heavy atom. The van der Waals surface area contributed by atoms with Gasteiger partial charge in [0.1, 0.15) is 5.75 Å². The third-order valence-electron chi connectivity index (χ3n) is 4.17. The number of halogens is 3. The van der Waals surface area contributed by atoms with E-state index >= 15 is 0 Å². The second kappa shape index (κ2) is 7.56. The SMILES string of the molecule is CC(N)CC(C)COc1ccc(-c2cnn3cccnc23)cc1C(F)(F)F. The summed E-state index contributed by atoms with van der Waals surface area (Å²) in [5, 5.41) is 4.13. The molecular weight excluding hydrogens is 357 g/mol. The summed E-state index contributed by atoms with van der Waals surface area (Å²) >= 11 is 0. The van der Waals surface area contributed by atoms with Crippen LogP contribution >= 0.6 is 0 Å². The third-order valence-corrected chi connectivity index (χ3v) is 4.17. The highest BCUT2D eigenvalue weighted by Crippen LogP contribution is 2.39. The summed E-state index contributed by atoms with van der Waals surface area (Å²) < 4.78 is 47.7. The van der Waals surface area contributed by atoms with E-state index in [1.807, 2.05) is 13.8 Å². The molecule has 0 aliphatic carbocycles. The number of benzene rings is 1. The predicted octanol–water partition coefficient (Wildman–Crippen LogP) is 4.17. The van der Waals surface area contributed by atoms with E-state index in [1.165, 1.54) is 16.8 Å². The van der Waals surface area contributed by atoms with Crippen molar-refractivity contribution in [3.63, 3.8) is 0 Å². The van der Waals surface area contributed by atoms with Gasteiger partial charge in [-0.1, -0.05) is 13.0 Å². The van der Waals surface area contributed by atoms with Gasteiger partial charge in [-0.2, -0.15) is 18.3 Å². The molecule has 5 nitrogen and oxygen atoms in total. The molecule has 0 saturated carbocycles. The van der Waals surface area contributed by atoms with Gasteiger partial charge in [0.15, 0.2) is 5.65 Å². The maximum absolute atomic E-state index is 13.6. The standard InChI is InChI=1S/C19H21F3N4O/c1-12(8-13(2)23)11-27-17-5-4-14(9-16(17)19(20,21)22)15-10-25-26-7-3-6-24-18(15)26/h3-7,9-10,12-13H,8,11,23H2,1-2H3. The van der Waals surface area contributed by atoms with Gasteiger partial charge < -0.3 is 10.5 Å². The molecule has 2 aromatic heterocycles. The lowest BCUT2D eigenvalue weighted by atomic mass is 10.0. The second-order valence-electron chi connectivity index (χ2n) is 6.78. The van der Waals surface area contributed by atoms with Crippen molar-refractivity contribution in [2.24, 2.45) is 11.7 Å². The van der Waals surface area contributed by atoms with E-state index in [9.17, 15) is 13.2 Å². The van der Waals surface area contributed by atoms with E-state index in [0.717, 1.165) is 6.07 Å². The zero-order chi connectivity index (χ0) is 19.6. The fraction of sp³-hybridized carbons (Fsp3) is 0.368. The lowest BCUT2D eigenvalue weighted by Gasteiger charge is -2.18. The van der Waals surface area contributed by atoms with Crippen LogP contribution in [0.25, 0.3) is 16.8 Å².